The minimum Gasteiger partial charge on any atom is -0.445 e. The molecule has 4 rings (SSSR count). The van der Waals surface area contributed by atoms with E-state index >= 15 is 0 Å². The van der Waals surface area contributed by atoms with Crippen LogP contribution in [0.15, 0.2) is 116 Å². The lowest BCUT2D eigenvalue weighted by Gasteiger charge is -2.37. The molecule has 7 nitrogen and oxygen atoms in total. The first-order chi connectivity index (χ1) is 20.9. The number of likely N-dealkylation sites (N-methyl/N-ethyl adjacent to an activating group) is 1. The highest BCUT2D eigenvalue weighted by Crippen LogP contribution is 2.52. The van der Waals surface area contributed by atoms with E-state index in [-0.39, 0.29) is 31.1 Å². The summed E-state index contributed by atoms with van der Waals surface area (Å²) in [6.45, 7) is 7.60. The number of likely N-dealkylation sites (tertiary alicyclic amines) is 1. The van der Waals surface area contributed by atoms with Gasteiger partial charge in [0.25, 0.3) is 0 Å². The maximum atomic E-state index is 13.3. The number of nitrogens with zero attached hydrogens (tertiary/aromatic N) is 2. The van der Waals surface area contributed by atoms with Crippen LogP contribution in [0.2, 0.25) is 0 Å². The Morgan fingerprint density at radius 3 is 1.88 bits per heavy atom. The summed E-state index contributed by atoms with van der Waals surface area (Å²) in [5, 5.41) is 10.3. The Kier molecular flexibility index (Phi) is 11.5. The van der Waals surface area contributed by atoms with Gasteiger partial charge in [-0.3, -0.25) is 0 Å². The zero-order valence-electron chi connectivity index (χ0n) is 24.6. The topological polar surface area (TPSA) is 79.3 Å². The fourth-order valence-electron chi connectivity index (χ4n) is 5.64. The number of hydrogen-bond donors (Lipinski definition) is 1. The summed E-state index contributed by atoms with van der Waals surface area (Å²) in [4.78, 5) is 29.0. The number of benzene rings is 3. The van der Waals surface area contributed by atoms with E-state index < -0.39 is 23.0 Å². The molecule has 3 aromatic rings. The first-order valence-corrected chi connectivity index (χ1v) is 15.3. The van der Waals surface area contributed by atoms with Gasteiger partial charge in [-0.2, -0.15) is 0 Å². The van der Waals surface area contributed by atoms with E-state index in [1.807, 2.05) is 30.0 Å². The second-order valence-electron chi connectivity index (χ2n) is 10.5. The Morgan fingerprint density at radius 1 is 0.930 bits per heavy atom. The molecule has 0 saturated carbocycles. The monoisotopic (exact) mass is 600 g/mol. The van der Waals surface area contributed by atoms with E-state index in [9.17, 15) is 14.7 Å². The third kappa shape index (κ3) is 7.50. The molecular weight excluding hydrogens is 560 g/mol. The van der Waals surface area contributed by atoms with Crippen molar-refractivity contribution in [2.45, 2.75) is 34.9 Å². The van der Waals surface area contributed by atoms with Gasteiger partial charge in [0.1, 0.15) is 13.2 Å². The van der Waals surface area contributed by atoms with Crippen molar-refractivity contribution in [2.75, 3.05) is 33.4 Å². The van der Waals surface area contributed by atoms with Gasteiger partial charge in [-0.1, -0.05) is 116 Å². The zero-order chi connectivity index (χ0) is 30.7. The second kappa shape index (κ2) is 15.5. The summed E-state index contributed by atoms with van der Waals surface area (Å²) in [5.41, 5.74) is 3.42. The number of carbonyl (C=O) groups is 2. The molecule has 1 unspecified atom stereocenters. The molecule has 1 aliphatic rings. The number of rotatable bonds is 13. The summed E-state index contributed by atoms with van der Waals surface area (Å²) < 4.78 is 10.1. The summed E-state index contributed by atoms with van der Waals surface area (Å²) in [5.74, 6) is 0. The van der Waals surface area contributed by atoms with Crippen molar-refractivity contribution in [1.29, 1.82) is 0 Å². The number of aliphatic hydroxyl groups excluding tert-OH is 1. The summed E-state index contributed by atoms with van der Waals surface area (Å²) >= 11 is 1.82. The number of hydrogen-bond acceptors (Lipinski definition) is 6. The number of thioether (sulfide) groups is 1. The highest BCUT2D eigenvalue weighted by Gasteiger charge is 2.45. The maximum absolute atomic E-state index is 13.3. The van der Waals surface area contributed by atoms with Crippen LogP contribution in [0.3, 0.4) is 0 Å². The number of amides is 2. The van der Waals surface area contributed by atoms with Gasteiger partial charge in [-0.25, -0.2) is 9.59 Å². The minimum absolute atomic E-state index is 0.0132. The van der Waals surface area contributed by atoms with Crippen molar-refractivity contribution in [3.05, 3.63) is 133 Å². The quantitative estimate of drug-likeness (QED) is 0.179. The average molecular weight is 601 g/mol. The molecule has 8 heteroatoms. The van der Waals surface area contributed by atoms with Crippen LogP contribution in [0.4, 0.5) is 9.59 Å². The van der Waals surface area contributed by atoms with Gasteiger partial charge < -0.3 is 24.4 Å². The van der Waals surface area contributed by atoms with Crippen LogP contribution >= 0.6 is 11.8 Å². The highest BCUT2D eigenvalue weighted by atomic mass is 32.2. The first-order valence-electron chi connectivity index (χ1n) is 14.4. The molecule has 1 aliphatic heterocycles. The molecule has 0 spiro atoms. The third-order valence-corrected chi connectivity index (χ3v) is 9.47. The van der Waals surface area contributed by atoms with Crippen LogP contribution in [-0.2, 0) is 14.2 Å². The average Bonchev–Trinajstić information content (AvgIpc) is 3.46. The van der Waals surface area contributed by atoms with Crippen molar-refractivity contribution in [2.24, 2.45) is 0 Å². The van der Waals surface area contributed by atoms with Crippen molar-refractivity contribution in [3.63, 3.8) is 0 Å². The molecule has 1 heterocycles. The first kappa shape index (κ1) is 31.9. The fraction of sp³-hybridized carbons (Fsp3) is 0.314. The van der Waals surface area contributed by atoms with E-state index in [0.29, 0.717) is 19.4 Å². The highest BCUT2D eigenvalue weighted by molar-refractivity contribution is 8.01. The third-order valence-electron chi connectivity index (χ3n) is 7.73. The molecule has 1 N–H and O–H groups in total. The largest absolute Gasteiger partial charge is 0.445 e. The van der Waals surface area contributed by atoms with E-state index in [1.165, 1.54) is 11.0 Å². The van der Waals surface area contributed by atoms with Gasteiger partial charge in [-0.15, -0.1) is 11.8 Å². The standard InChI is InChI=1S/C35H40N2O5S/c1-4-21-41-33(39)36(3)31(26-38)23-30-24-32(25-37(30)34(40)42-22-5-2)43-35(27-15-9-6-10-16-27,28-17-11-7-12-18-28)29-19-13-8-14-20-29/h4-20,30-32,38H,1-2,21-26H2,3H3/t30-,31?,32+/m1/s1. The fourth-order valence-corrected chi connectivity index (χ4v) is 7.51. The van der Waals surface area contributed by atoms with Crippen molar-refractivity contribution >= 4 is 23.9 Å². The molecule has 0 aliphatic carbocycles. The summed E-state index contributed by atoms with van der Waals surface area (Å²) in [6.07, 6.45) is 3.06. The Hall–Kier alpha value is -4.01. The summed E-state index contributed by atoms with van der Waals surface area (Å²) in [7, 11) is 1.60. The molecule has 1 saturated heterocycles. The van der Waals surface area contributed by atoms with E-state index in [0.717, 1.165) is 16.7 Å². The van der Waals surface area contributed by atoms with Gasteiger partial charge in [-0.05, 0) is 29.5 Å². The van der Waals surface area contributed by atoms with Crippen molar-refractivity contribution in [1.82, 2.24) is 9.80 Å². The molecule has 3 atom stereocenters. The Balaban J connectivity index is 1.71. The molecule has 1 fully saturated rings. The van der Waals surface area contributed by atoms with E-state index in [4.69, 9.17) is 9.47 Å². The lowest BCUT2D eigenvalue weighted by atomic mass is 9.84. The predicted octanol–water partition coefficient (Wildman–Crippen LogP) is 6.48. The molecule has 0 radical (unpaired) electrons. The van der Waals surface area contributed by atoms with Crippen LogP contribution in [0.1, 0.15) is 29.5 Å². The Labute approximate surface area is 258 Å². The van der Waals surface area contributed by atoms with E-state index in [1.54, 1.807) is 18.0 Å². The molecule has 43 heavy (non-hydrogen) atoms. The summed E-state index contributed by atoms with van der Waals surface area (Å²) in [6, 6.07) is 30.5. The molecule has 0 bridgehead atoms. The normalized spacial score (nSPS) is 17.1. The predicted molar refractivity (Wildman–Crippen MR) is 172 cm³/mol. The van der Waals surface area contributed by atoms with Crippen LogP contribution in [0, 0.1) is 0 Å². The van der Waals surface area contributed by atoms with Crippen LogP contribution < -0.4 is 0 Å². The van der Waals surface area contributed by atoms with Gasteiger partial charge >= 0.3 is 12.2 Å². The molecular formula is C35H40N2O5S. The number of ether oxygens (including phenoxy) is 2. The maximum Gasteiger partial charge on any atom is 0.410 e. The molecule has 226 valence electrons. The number of carbonyl (C=O) groups excluding carboxylic acids is 2. The smallest absolute Gasteiger partial charge is 0.410 e. The van der Waals surface area contributed by atoms with Crippen LogP contribution in [0.5, 0.6) is 0 Å². The van der Waals surface area contributed by atoms with Crippen molar-refractivity contribution in [3.8, 4) is 0 Å². The molecule has 3 aromatic carbocycles. The SMILES string of the molecule is C=CCOC(=O)N(C)C(CO)C[C@@H]1C[C@H](SC(c2ccccc2)(c2ccccc2)c2ccccc2)CN1C(=O)OCC=C. The second-order valence-corrected chi connectivity index (χ2v) is 12.0. The molecule has 2 amide bonds. The Bertz CT molecular complexity index is 1240. The van der Waals surface area contributed by atoms with Gasteiger partial charge in [0.2, 0.25) is 0 Å². The lowest BCUT2D eigenvalue weighted by molar-refractivity contribution is 0.0703. The van der Waals surface area contributed by atoms with E-state index in [2.05, 4.69) is 86.0 Å². The lowest BCUT2D eigenvalue weighted by Crippen LogP contribution is -2.45. The molecule has 0 aromatic heterocycles. The van der Waals surface area contributed by atoms with Gasteiger partial charge in [0, 0.05) is 24.9 Å². The van der Waals surface area contributed by atoms with Crippen LogP contribution in [0.25, 0.3) is 0 Å². The zero-order valence-corrected chi connectivity index (χ0v) is 25.4. The van der Waals surface area contributed by atoms with Crippen molar-refractivity contribution < 1.29 is 24.2 Å². The number of aliphatic hydroxyl groups is 1. The minimum atomic E-state index is -0.556. The van der Waals surface area contributed by atoms with Crippen LogP contribution in [-0.4, -0.2) is 77.8 Å². The van der Waals surface area contributed by atoms with Gasteiger partial charge in [0.15, 0.2) is 0 Å². The van der Waals surface area contributed by atoms with Gasteiger partial charge in [0.05, 0.1) is 17.4 Å². The Morgan fingerprint density at radius 2 is 1.42 bits per heavy atom.